The molecule has 126 valence electrons. The van der Waals surface area contributed by atoms with Gasteiger partial charge in [-0.15, -0.1) is 0 Å². The average Bonchev–Trinajstić information content (AvgIpc) is 2.54. The highest BCUT2D eigenvalue weighted by molar-refractivity contribution is 5.79. The van der Waals surface area contributed by atoms with Crippen molar-refractivity contribution in [3.8, 4) is 0 Å². The van der Waals surface area contributed by atoms with E-state index in [4.69, 9.17) is 5.73 Å². The number of nitrogens with one attached hydrogen (secondary N) is 2. The lowest BCUT2D eigenvalue weighted by atomic mass is 9.96. The van der Waals surface area contributed by atoms with Crippen molar-refractivity contribution in [1.29, 1.82) is 0 Å². The molecule has 1 aromatic carbocycles. The molecule has 0 aliphatic heterocycles. The van der Waals surface area contributed by atoms with E-state index in [2.05, 4.69) is 10.6 Å². The molecule has 3 amide bonds. The van der Waals surface area contributed by atoms with Crippen molar-refractivity contribution >= 4 is 11.9 Å². The minimum absolute atomic E-state index is 0.172. The van der Waals surface area contributed by atoms with Gasteiger partial charge in [0, 0.05) is 12.6 Å². The summed E-state index contributed by atoms with van der Waals surface area (Å²) < 4.78 is 12.9. The van der Waals surface area contributed by atoms with Crippen LogP contribution in [0.1, 0.15) is 37.7 Å². The maximum atomic E-state index is 12.9. The van der Waals surface area contributed by atoms with Gasteiger partial charge in [0.1, 0.15) is 5.82 Å². The highest BCUT2D eigenvalue weighted by Gasteiger charge is 2.19. The lowest BCUT2D eigenvalue weighted by Crippen LogP contribution is -2.46. The molecule has 23 heavy (non-hydrogen) atoms. The number of amides is 3. The van der Waals surface area contributed by atoms with E-state index in [1.807, 2.05) is 0 Å². The fourth-order valence-electron chi connectivity index (χ4n) is 2.88. The van der Waals surface area contributed by atoms with Gasteiger partial charge in [-0.3, -0.25) is 4.79 Å². The third-order valence-electron chi connectivity index (χ3n) is 4.25. The van der Waals surface area contributed by atoms with Gasteiger partial charge in [0.15, 0.2) is 0 Å². The predicted octanol–water partition coefficient (Wildman–Crippen LogP) is 2.10. The fourth-order valence-corrected chi connectivity index (χ4v) is 2.88. The van der Waals surface area contributed by atoms with Gasteiger partial charge in [-0.05, 0) is 37.0 Å². The molecular formula is C17H24FN3O2. The third-order valence-corrected chi connectivity index (χ3v) is 4.25. The van der Waals surface area contributed by atoms with E-state index in [0.717, 1.165) is 31.2 Å². The molecular weight excluding hydrogens is 297 g/mol. The maximum Gasteiger partial charge on any atom is 0.315 e. The standard InChI is InChI=1S/C17H24FN3O2/c18-14-8-6-12(7-9-14)10-13(16(19)22)11-20-17(23)21-15-4-2-1-3-5-15/h6-9,13,15H,1-5,10-11H2,(H2,19,22)(H2,20,21,23)/t13-/m1/s1. The van der Waals surface area contributed by atoms with Crippen LogP contribution in [0.2, 0.25) is 0 Å². The van der Waals surface area contributed by atoms with Gasteiger partial charge in [0.05, 0.1) is 5.92 Å². The number of benzene rings is 1. The van der Waals surface area contributed by atoms with Crippen molar-refractivity contribution in [3.05, 3.63) is 35.6 Å². The Bertz CT molecular complexity index is 527. The Morgan fingerprint density at radius 2 is 1.83 bits per heavy atom. The van der Waals surface area contributed by atoms with Crippen LogP contribution in [0.4, 0.5) is 9.18 Å². The Morgan fingerprint density at radius 1 is 1.17 bits per heavy atom. The van der Waals surface area contributed by atoms with Gasteiger partial charge in [-0.1, -0.05) is 31.4 Å². The number of hydrogen-bond donors (Lipinski definition) is 3. The molecule has 1 fully saturated rings. The molecule has 1 aliphatic carbocycles. The van der Waals surface area contributed by atoms with Crippen LogP contribution >= 0.6 is 0 Å². The largest absolute Gasteiger partial charge is 0.369 e. The molecule has 1 aromatic rings. The Labute approximate surface area is 135 Å². The van der Waals surface area contributed by atoms with Crippen molar-refractivity contribution in [2.45, 2.75) is 44.6 Å². The second kappa shape index (κ2) is 8.50. The third kappa shape index (κ3) is 5.88. The van der Waals surface area contributed by atoms with Crippen molar-refractivity contribution in [1.82, 2.24) is 10.6 Å². The Hall–Kier alpha value is -2.11. The SMILES string of the molecule is NC(=O)[C@@H](CNC(=O)NC1CCCCC1)Cc1ccc(F)cc1. The summed E-state index contributed by atoms with van der Waals surface area (Å²) in [4.78, 5) is 23.5. The molecule has 0 bridgehead atoms. The summed E-state index contributed by atoms with van der Waals surface area (Å²) in [6.07, 6.45) is 5.88. The van der Waals surface area contributed by atoms with Gasteiger partial charge in [0.2, 0.25) is 5.91 Å². The molecule has 0 saturated heterocycles. The highest BCUT2D eigenvalue weighted by atomic mass is 19.1. The molecule has 2 rings (SSSR count). The fraction of sp³-hybridized carbons (Fsp3) is 0.529. The molecule has 4 N–H and O–H groups in total. The van der Waals surface area contributed by atoms with Crippen molar-refractivity contribution in [2.24, 2.45) is 11.7 Å². The monoisotopic (exact) mass is 321 g/mol. The van der Waals surface area contributed by atoms with Crippen LogP contribution in [0.15, 0.2) is 24.3 Å². The lowest BCUT2D eigenvalue weighted by molar-refractivity contribution is -0.121. The molecule has 0 unspecified atom stereocenters. The van der Waals surface area contributed by atoms with Gasteiger partial charge in [0.25, 0.3) is 0 Å². The summed E-state index contributed by atoms with van der Waals surface area (Å²) >= 11 is 0. The summed E-state index contributed by atoms with van der Waals surface area (Å²) in [5.41, 5.74) is 6.21. The molecule has 1 atom stereocenters. The number of carbonyl (C=O) groups is 2. The quantitative estimate of drug-likeness (QED) is 0.749. The van der Waals surface area contributed by atoms with Crippen LogP contribution in [0.3, 0.4) is 0 Å². The van der Waals surface area contributed by atoms with Crippen LogP contribution in [0.5, 0.6) is 0 Å². The Kier molecular flexibility index (Phi) is 6.38. The maximum absolute atomic E-state index is 12.9. The molecule has 1 saturated carbocycles. The number of rotatable bonds is 6. The second-order valence-electron chi connectivity index (χ2n) is 6.12. The van der Waals surface area contributed by atoms with Gasteiger partial charge < -0.3 is 16.4 Å². The normalized spacial score (nSPS) is 16.6. The van der Waals surface area contributed by atoms with Crippen molar-refractivity contribution in [3.63, 3.8) is 0 Å². The first-order valence-corrected chi connectivity index (χ1v) is 8.12. The molecule has 5 nitrogen and oxygen atoms in total. The topological polar surface area (TPSA) is 84.2 Å². The number of primary amides is 1. The molecule has 1 aliphatic rings. The average molecular weight is 321 g/mol. The molecule has 0 spiro atoms. The summed E-state index contributed by atoms with van der Waals surface area (Å²) in [5, 5.41) is 5.65. The van der Waals surface area contributed by atoms with Gasteiger partial charge in [-0.25, -0.2) is 9.18 Å². The highest BCUT2D eigenvalue weighted by Crippen LogP contribution is 2.17. The minimum atomic E-state index is -0.516. The number of nitrogens with two attached hydrogens (primary N) is 1. The van der Waals surface area contributed by atoms with E-state index in [1.165, 1.54) is 18.6 Å². The number of halogens is 1. The van der Waals surface area contributed by atoms with E-state index in [-0.39, 0.29) is 24.4 Å². The summed E-state index contributed by atoms with van der Waals surface area (Å²) in [5.74, 6) is -1.32. The number of urea groups is 1. The first-order chi connectivity index (χ1) is 11.0. The van der Waals surface area contributed by atoms with E-state index >= 15 is 0 Å². The number of hydrogen-bond acceptors (Lipinski definition) is 2. The Morgan fingerprint density at radius 3 is 2.43 bits per heavy atom. The van der Waals surface area contributed by atoms with Crippen LogP contribution in [-0.2, 0) is 11.2 Å². The summed E-state index contributed by atoms with van der Waals surface area (Å²) in [6, 6.07) is 5.88. The zero-order valence-corrected chi connectivity index (χ0v) is 13.2. The van der Waals surface area contributed by atoms with Crippen LogP contribution in [-0.4, -0.2) is 24.5 Å². The first kappa shape index (κ1) is 17.2. The lowest BCUT2D eigenvalue weighted by Gasteiger charge is -2.23. The summed E-state index contributed by atoms with van der Waals surface area (Å²) in [6.45, 7) is 0.172. The van der Waals surface area contributed by atoms with Crippen LogP contribution in [0, 0.1) is 11.7 Å². The zero-order chi connectivity index (χ0) is 16.7. The van der Waals surface area contributed by atoms with E-state index in [1.54, 1.807) is 12.1 Å². The number of carbonyl (C=O) groups excluding carboxylic acids is 2. The molecule has 6 heteroatoms. The van der Waals surface area contributed by atoms with Crippen molar-refractivity contribution < 1.29 is 14.0 Å². The smallest absolute Gasteiger partial charge is 0.315 e. The summed E-state index contributed by atoms with van der Waals surface area (Å²) in [7, 11) is 0. The van der Waals surface area contributed by atoms with Gasteiger partial charge in [-0.2, -0.15) is 0 Å². The van der Waals surface area contributed by atoms with Crippen molar-refractivity contribution in [2.75, 3.05) is 6.54 Å². The van der Waals surface area contributed by atoms with E-state index < -0.39 is 11.8 Å². The van der Waals surface area contributed by atoms with Crippen LogP contribution in [0.25, 0.3) is 0 Å². The first-order valence-electron chi connectivity index (χ1n) is 8.12. The second-order valence-corrected chi connectivity index (χ2v) is 6.12. The zero-order valence-electron chi connectivity index (χ0n) is 13.2. The van der Waals surface area contributed by atoms with Gasteiger partial charge >= 0.3 is 6.03 Å². The predicted molar refractivity (Wildman–Crippen MR) is 86.2 cm³/mol. The van der Waals surface area contributed by atoms with Crippen LogP contribution < -0.4 is 16.4 Å². The van der Waals surface area contributed by atoms with E-state index in [0.29, 0.717) is 6.42 Å². The minimum Gasteiger partial charge on any atom is -0.369 e. The molecule has 0 radical (unpaired) electrons. The van der Waals surface area contributed by atoms with E-state index in [9.17, 15) is 14.0 Å². The molecule has 0 heterocycles. The molecule has 0 aromatic heterocycles. The Balaban J connectivity index is 1.80.